The Morgan fingerprint density at radius 2 is 1.94 bits per heavy atom. The third kappa shape index (κ3) is 5.38. The second kappa shape index (κ2) is 8.52. The molecule has 1 heterocycles. The first-order valence-electron chi connectivity index (χ1n) is 7.57. The van der Waals surface area contributed by atoms with E-state index < -0.39 is 0 Å². The topological polar surface area (TPSA) is 38.3 Å². The lowest BCUT2D eigenvalue weighted by Gasteiger charge is -2.31. The maximum Gasteiger partial charge on any atom is 0.313 e. The minimum atomic E-state index is -0.291. The summed E-state index contributed by atoms with van der Waals surface area (Å²) in [6, 6.07) is 0. The van der Waals surface area contributed by atoms with E-state index in [1.165, 1.54) is 32.1 Å². The summed E-state index contributed by atoms with van der Waals surface area (Å²) < 4.78 is 5.41. The van der Waals surface area contributed by atoms with E-state index in [2.05, 4.69) is 12.2 Å². The highest BCUT2D eigenvalue weighted by atomic mass is 16.5. The number of rotatable bonds is 8. The maximum absolute atomic E-state index is 12.0. The van der Waals surface area contributed by atoms with E-state index in [0.717, 1.165) is 32.4 Å². The van der Waals surface area contributed by atoms with E-state index in [-0.39, 0.29) is 11.4 Å². The minimum absolute atomic E-state index is 0.0109. The molecule has 1 aliphatic heterocycles. The van der Waals surface area contributed by atoms with Gasteiger partial charge in [0.05, 0.1) is 12.0 Å². The zero-order valence-corrected chi connectivity index (χ0v) is 12.1. The van der Waals surface area contributed by atoms with Gasteiger partial charge in [-0.25, -0.2) is 0 Å². The molecule has 18 heavy (non-hydrogen) atoms. The summed E-state index contributed by atoms with van der Waals surface area (Å²) in [5.74, 6) is -0.0109. The van der Waals surface area contributed by atoms with Crippen molar-refractivity contribution in [1.29, 1.82) is 0 Å². The summed E-state index contributed by atoms with van der Waals surface area (Å²) in [5.41, 5.74) is -0.291. The fourth-order valence-electron chi connectivity index (χ4n) is 2.45. The molecule has 1 rings (SSSR count). The summed E-state index contributed by atoms with van der Waals surface area (Å²) in [4.78, 5) is 12.0. The fraction of sp³-hybridized carbons (Fsp3) is 0.933. The van der Waals surface area contributed by atoms with Crippen molar-refractivity contribution in [3.8, 4) is 0 Å². The number of piperidine rings is 1. The van der Waals surface area contributed by atoms with Crippen LogP contribution in [-0.2, 0) is 9.53 Å². The number of hydrogen-bond donors (Lipinski definition) is 1. The Morgan fingerprint density at radius 3 is 2.61 bits per heavy atom. The highest BCUT2D eigenvalue weighted by Gasteiger charge is 2.35. The molecule has 0 aliphatic carbocycles. The summed E-state index contributed by atoms with van der Waals surface area (Å²) in [6.07, 6.45) is 9.40. The quantitative estimate of drug-likeness (QED) is 0.534. The van der Waals surface area contributed by atoms with Crippen LogP contribution in [-0.4, -0.2) is 25.7 Å². The largest absolute Gasteiger partial charge is 0.465 e. The average molecular weight is 255 g/mol. The van der Waals surface area contributed by atoms with Crippen LogP contribution in [0.25, 0.3) is 0 Å². The molecule has 0 aromatic carbocycles. The summed E-state index contributed by atoms with van der Waals surface area (Å²) in [5, 5.41) is 3.28. The van der Waals surface area contributed by atoms with Crippen LogP contribution in [0.2, 0.25) is 0 Å². The van der Waals surface area contributed by atoms with Gasteiger partial charge in [0.2, 0.25) is 0 Å². The van der Waals surface area contributed by atoms with Gasteiger partial charge in [0, 0.05) is 6.54 Å². The Kier molecular flexibility index (Phi) is 7.33. The van der Waals surface area contributed by atoms with Crippen molar-refractivity contribution >= 4 is 5.97 Å². The standard InChI is InChI=1S/C15H29NO2/c1-3-4-5-6-7-8-12-18-14(17)15(2)10-9-11-16-13-15/h16H,3-13H2,1-2H3. The van der Waals surface area contributed by atoms with E-state index in [1.54, 1.807) is 0 Å². The maximum atomic E-state index is 12.0. The fourth-order valence-corrected chi connectivity index (χ4v) is 2.45. The van der Waals surface area contributed by atoms with Crippen LogP contribution in [0, 0.1) is 5.41 Å². The number of hydrogen-bond acceptors (Lipinski definition) is 3. The zero-order chi connectivity index (χ0) is 13.3. The molecule has 0 aromatic heterocycles. The molecule has 0 spiro atoms. The van der Waals surface area contributed by atoms with Gasteiger partial charge in [-0.1, -0.05) is 39.0 Å². The van der Waals surface area contributed by atoms with Crippen LogP contribution < -0.4 is 5.32 Å². The lowest BCUT2D eigenvalue weighted by atomic mass is 9.83. The van der Waals surface area contributed by atoms with Gasteiger partial charge in [-0.05, 0) is 32.7 Å². The molecule has 1 fully saturated rings. The summed E-state index contributed by atoms with van der Waals surface area (Å²) in [6.45, 7) is 6.63. The van der Waals surface area contributed by atoms with Crippen molar-refractivity contribution in [3.05, 3.63) is 0 Å². The Morgan fingerprint density at radius 1 is 1.22 bits per heavy atom. The monoisotopic (exact) mass is 255 g/mol. The van der Waals surface area contributed by atoms with Crippen LogP contribution >= 0.6 is 0 Å². The molecule has 1 saturated heterocycles. The third-order valence-electron chi connectivity index (χ3n) is 3.82. The smallest absolute Gasteiger partial charge is 0.313 e. The first-order chi connectivity index (χ1) is 8.69. The van der Waals surface area contributed by atoms with E-state index >= 15 is 0 Å². The molecule has 1 aliphatic rings. The first kappa shape index (κ1) is 15.5. The van der Waals surface area contributed by atoms with Crippen molar-refractivity contribution < 1.29 is 9.53 Å². The number of ether oxygens (including phenoxy) is 1. The van der Waals surface area contributed by atoms with Crippen LogP contribution in [0.4, 0.5) is 0 Å². The second-order valence-electron chi connectivity index (χ2n) is 5.74. The third-order valence-corrected chi connectivity index (χ3v) is 3.82. The molecule has 1 N–H and O–H groups in total. The van der Waals surface area contributed by atoms with Gasteiger partial charge in [0.1, 0.15) is 0 Å². The predicted molar refractivity (Wildman–Crippen MR) is 74.5 cm³/mol. The number of carbonyl (C=O) groups is 1. The SMILES string of the molecule is CCCCCCCCOC(=O)C1(C)CCCNC1. The van der Waals surface area contributed by atoms with Gasteiger partial charge in [0.15, 0.2) is 0 Å². The number of carbonyl (C=O) groups excluding carboxylic acids is 1. The molecule has 3 nitrogen and oxygen atoms in total. The Balaban J connectivity index is 2.05. The van der Waals surface area contributed by atoms with Gasteiger partial charge in [0.25, 0.3) is 0 Å². The molecule has 0 saturated carbocycles. The summed E-state index contributed by atoms with van der Waals surface area (Å²) >= 11 is 0. The number of esters is 1. The number of nitrogens with one attached hydrogen (secondary N) is 1. The highest BCUT2D eigenvalue weighted by Crippen LogP contribution is 2.27. The zero-order valence-electron chi connectivity index (χ0n) is 12.1. The highest BCUT2D eigenvalue weighted by molar-refractivity contribution is 5.76. The van der Waals surface area contributed by atoms with Crippen LogP contribution in [0.5, 0.6) is 0 Å². The Bertz CT molecular complexity index is 235. The molecule has 0 aromatic rings. The van der Waals surface area contributed by atoms with Crippen molar-refractivity contribution in [3.63, 3.8) is 0 Å². The molecule has 1 atom stereocenters. The minimum Gasteiger partial charge on any atom is -0.465 e. The van der Waals surface area contributed by atoms with E-state index in [4.69, 9.17) is 4.74 Å². The first-order valence-corrected chi connectivity index (χ1v) is 7.57. The van der Waals surface area contributed by atoms with Gasteiger partial charge in [-0.2, -0.15) is 0 Å². The van der Waals surface area contributed by atoms with E-state index in [0.29, 0.717) is 6.61 Å². The molecular weight excluding hydrogens is 226 g/mol. The van der Waals surface area contributed by atoms with Crippen molar-refractivity contribution in [2.24, 2.45) is 5.41 Å². The van der Waals surface area contributed by atoms with Crippen molar-refractivity contribution in [2.45, 2.75) is 65.2 Å². The second-order valence-corrected chi connectivity index (χ2v) is 5.74. The van der Waals surface area contributed by atoms with Crippen molar-refractivity contribution in [1.82, 2.24) is 5.32 Å². The van der Waals surface area contributed by atoms with Crippen LogP contribution in [0.3, 0.4) is 0 Å². The van der Waals surface area contributed by atoms with Gasteiger partial charge in [-0.15, -0.1) is 0 Å². The van der Waals surface area contributed by atoms with Gasteiger partial charge in [-0.3, -0.25) is 4.79 Å². The molecule has 0 radical (unpaired) electrons. The predicted octanol–water partition coefficient (Wildman–Crippen LogP) is 3.28. The number of unbranched alkanes of at least 4 members (excludes halogenated alkanes) is 5. The van der Waals surface area contributed by atoms with Crippen LogP contribution in [0.15, 0.2) is 0 Å². The molecular formula is C15H29NO2. The molecule has 1 unspecified atom stereocenters. The van der Waals surface area contributed by atoms with E-state index in [9.17, 15) is 4.79 Å². The molecule has 3 heteroatoms. The Hall–Kier alpha value is -0.570. The Labute approximate surface area is 112 Å². The van der Waals surface area contributed by atoms with Gasteiger partial charge >= 0.3 is 5.97 Å². The normalized spacial score (nSPS) is 23.9. The van der Waals surface area contributed by atoms with Gasteiger partial charge < -0.3 is 10.1 Å². The molecule has 0 amide bonds. The lowest BCUT2D eigenvalue weighted by Crippen LogP contribution is -2.44. The van der Waals surface area contributed by atoms with E-state index in [1.807, 2.05) is 6.92 Å². The average Bonchev–Trinajstić information content (AvgIpc) is 2.38. The molecule has 0 bridgehead atoms. The lowest BCUT2D eigenvalue weighted by molar-refractivity contribution is -0.156. The molecule has 106 valence electrons. The van der Waals surface area contributed by atoms with Crippen molar-refractivity contribution in [2.75, 3.05) is 19.7 Å². The van der Waals surface area contributed by atoms with Crippen LogP contribution in [0.1, 0.15) is 65.2 Å². The summed E-state index contributed by atoms with van der Waals surface area (Å²) in [7, 11) is 0.